The van der Waals surface area contributed by atoms with Crippen LogP contribution < -0.4 is 10.1 Å². The van der Waals surface area contributed by atoms with E-state index in [1.54, 1.807) is 41.0 Å². The normalized spacial score (nSPS) is 24.7. The molecule has 0 spiro atoms. The fourth-order valence-electron chi connectivity index (χ4n) is 5.00. The quantitative estimate of drug-likeness (QED) is 0.666. The van der Waals surface area contributed by atoms with Gasteiger partial charge in [0.1, 0.15) is 24.2 Å². The third kappa shape index (κ3) is 5.23. The van der Waals surface area contributed by atoms with E-state index >= 15 is 0 Å². The van der Waals surface area contributed by atoms with Crippen LogP contribution in [0, 0.1) is 0 Å². The molecule has 0 aliphatic carbocycles. The van der Waals surface area contributed by atoms with Crippen molar-refractivity contribution in [2.24, 2.45) is 0 Å². The first-order valence-corrected chi connectivity index (χ1v) is 13.2. The standard InChI is InChI=1S/C25H31N5O5S/c1-28-7-9-30(10-8-28)23(31)12-17-4-5-20-22(35-17)13-34-21-6-3-16(11-18(21)25(33)29(20)2)27-24(32)19-14-36-15-26-19/h3,6,11,14-15,17,20,22H,4-5,7-10,12-13H2,1-2H3,(H,27,32)/t17-,20+,22+/m0/s1. The number of hydrogen-bond donors (Lipinski definition) is 1. The number of amides is 3. The summed E-state index contributed by atoms with van der Waals surface area (Å²) in [6, 6.07) is 4.87. The predicted molar refractivity (Wildman–Crippen MR) is 134 cm³/mol. The maximum absolute atomic E-state index is 13.4. The molecule has 0 saturated carbocycles. The number of nitrogens with zero attached hydrogens (tertiary/aromatic N) is 4. The van der Waals surface area contributed by atoms with E-state index in [2.05, 4.69) is 22.2 Å². The van der Waals surface area contributed by atoms with E-state index < -0.39 is 0 Å². The first-order chi connectivity index (χ1) is 17.4. The van der Waals surface area contributed by atoms with Gasteiger partial charge in [0.25, 0.3) is 11.8 Å². The fraction of sp³-hybridized carbons (Fsp3) is 0.520. The Labute approximate surface area is 214 Å². The second kappa shape index (κ2) is 10.5. The molecule has 2 saturated heterocycles. The Morgan fingerprint density at radius 1 is 1.17 bits per heavy atom. The molecule has 192 valence electrons. The van der Waals surface area contributed by atoms with Crippen LogP contribution in [0.4, 0.5) is 5.69 Å². The number of carbonyl (C=O) groups is 3. The monoisotopic (exact) mass is 513 g/mol. The molecule has 4 heterocycles. The Morgan fingerprint density at radius 3 is 2.72 bits per heavy atom. The average Bonchev–Trinajstić information content (AvgIpc) is 3.42. The number of likely N-dealkylation sites (N-methyl/N-ethyl adjacent to an activating group) is 2. The first kappa shape index (κ1) is 24.7. The first-order valence-electron chi connectivity index (χ1n) is 12.2. The van der Waals surface area contributed by atoms with E-state index in [9.17, 15) is 14.4 Å². The van der Waals surface area contributed by atoms with E-state index in [-0.39, 0.29) is 42.6 Å². The zero-order chi connectivity index (χ0) is 25.2. The third-order valence-electron chi connectivity index (χ3n) is 7.19. The Kier molecular flexibility index (Phi) is 7.22. The molecule has 1 aromatic carbocycles. The Hall–Kier alpha value is -3.02. The van der Waals surface area contributed by atoms with Gasteiger partial charge in [0.05, 0.1) is 29.6 Å². The van der Waals surface area contributed by atoms with Crippen LogP contribution in [0.15, 0.2) is 29.1 Å². The molecule has 3 amide bonds. The Morgan fingerprint density at radius 2 is 1.97 bits per heavy atom. The van der Waals surface area contributed by atoms with Gasteiger partial charge in [-0.1, -0.05) is 0 Å². The Bertz CT molecular complexity index is 1120. The highest BCUT2D eigenvalue weighted by molar-refractivity contribution is 7.07. The number of rotatable bonds is 4. The minimum absolute atomic E-state index is 0.125. The number of ether oxygens (including phenoxy) is 2. The molecule has 0 unspecified atom stereocenters. The summed E-state index contributed by atoms with van der Waals surface area (Å²) in [6.07, 6.45) is 1.27. The molecule has 11 heteroatoms. The van der Waals surface area contributed by atoms with Crippen molar-refractivity contribution in [2.45, 2.75) is 37.5 Å². The van der Waals surface area contributed by atoms with Crippen LogP contribution in [-0.2, 0) is 9.53 Å². The largest absolute Gasteiger partial charge is 0.490 e. The molecule has 1 aromatic heterocycles. The predicted octanol–water partition coefficient (Wildman–Crippen LogP) is 1.94. The van der Waals surface area contributed by atoms with Crippen LogP contribution in [0.1, 0.15) is 40.1 Å². The van der Waals surface area contributed by atoms with E-state index in [1.807, 2.05) is 4.90 Å². The van der Waals surface area contributed by atoms with Crippen molar-refractivity contribution in [3.8, 4) is 5.75 Å². The highest BCUT2D eigenvalue weighted by atomic mass is 32.1. The van der Waals surface area contributed by atoms with Gasteiger partial charge in [-0.2, -0.15) is 0 Å². The molecule has 3 aliphatic rings. The highest BCUT2D eigenvalue weighted by Crippen LogP contribution is 2.32. The minimum Gasteiger partial charge on any atom is -0.490 e. The summed E-state index contributed by atoms with van der Waals surface area (Å²) in [7, 11) is 3.84. The fourth-order valence-corrected chi connectivity index (χ4v) is 5.54. The zero-order valence-corrected chi connectivity index (χ0v) is 21.3. The van der Waals surface area contributed by atoms with Crippen LogP contribution >= 0.6 is 11.3 Å². The SMILES string of the molecule is CN1CCN(C(=O)C[C@@H]2CC[C@@H]3[C@@H](COc4ccc(NC(=O)c5cscn5)cc4C(=O)N3C)O2)CC1. The van der Waals surface area contributed by atoms with Gasteiger partial charge >= 0.3 is 0 Å². The van der Waals surface area contributed by atoms with Crippen molar-refractivity contribution in [1.82, 2.24) is 19.7 Å². The highest BCUT2D eigenvalue weighted by Gasteiger charge is 2.39. The maximum atomic E-state index is 13.4. The average molecular weight is 514 g/mol. The van der Waals surface area contributed by atoms with E-state index in [1.165, 1.54) is 11.3 Å². The molecule has 3 aliphatic heterocycles. The van der Waals surface area contributed by atoms with Crippen molar-refractivity contribution in [1.29, 1.82) is 0 Å². The molecule has 0 radical (unpaired) electrons. The number of benzene rings is 1. The van der Waals surface area contributed by atoms with Crippen molar-refractivity contribution < 1.29 is 23.9 Å². The van der Waals surface area contributed by atoms with Crippen molar-refractivity contribution in [2.75, 3.05) is 52.2 Å². The number of hydrogen-bond acceptors (Lipinski definition) is 8. The smallest absolute Gasteiger partial charge is 0.275 e. The molecular formula is C25H31N5O5S. The second-order valence-electron chi connectivity index (χ2n) is 9.60. The van der Waals surface area contributed by atoms with Crippen LogP contribution in [0.2, 0.25) is 0 Å². The lowest BCUT2D eigenvalue weighted by Crippen LogP contribution is -2.54. The molecule has 3 atom stereocenters. The molecule has 5 rings (SSSR count). The topological polar surface area (TPSA) is 104 Å². The lowest BCUT2D eigenvalue weighted by molar-refractivity contribution is -0.144. The molecule has 2 fully saturated rings. The number of fused-ring (bicyclic) bond motifs is 2. The van der Waals surface area contributed by atoms with E-state index in [0.717, 1.165) is 32.6 Å². The number of carbonyl (C=O) groups excluding carboxylic acids is 3. The molecule has 36 heavy (non-hydrogen) atoms. The number of nitrogens with one attached hydrogen (secondary N) is 1. The van der Waals surface area contributed by atoms with Gasteiger partial charge < -0.3 is 29.5 Å². The Balaban J connectivity index is 1.25. The van der Waals surface area contributed by atoms with Gasteiger partial charge in [-0.25, -0.2) is 4.98 Å². The van der Waals surface area contributed by atoms with Gasteiger partial charge in [0.2, 0.25) is 5.91 Å². The second-order valence-corrected chi connectivity index (χ2v) is 10.3. The van der Waals surface area contributed by atoms with Crippen LogP contribution in [0.3, 0.4) is 0 Å². The molecule has 0 bridgehead atoms. The summed E-state index contributed by atoms with van der Waals surface area (Å²) in [5.41, 5.74) is 2.81. The van der Waals surface area contributed by atoms with Gasteiger partial charge in [-0.15, -0.1) is 11.3 Å². The maximum Gasteiger partial charge on any atom is 0.275 e. The van der Waals surface area contributed by atoms with Crippen molar-refractivity contribution >= 4 is 34.7 Å². The van der Waals surface area contributed by atoms with Crippen molar-refractivity contribution in [3.05, 3.63) is 40.3 Å². The summed E-state index contributed by atoms with van der Waals surface area (Å²) in [4.78, 5) is 48.5. The van der Waals surface area contributed by atoms with E-state index in [4.69, 9.17) is 9.47 Å². The van der Waals surface area contributed by atoms with Gasteiger partial charge in [0, 0.05) is 44.3 Å². The summed E-state index contributed by atoms with van der Waals surface area (Å²) >= 11 is 1.34. The molecular weight excluding hydrogens is 482 g/mol. The summed E-state index contributed by atoms with van der Waals surface area (Å²) in [5, 5.41) is 4.46. The lowest BCUT2D eigenvalue weighted by atomic mass is 9.94. The third-order valence-corrected chi connectivity index (χ3v) is 7.78. The zero-order valence-electron chi connectivity index (χ0n) is 20.5. The summed E-state index contributed by atoms with van der Waals surface area (Å²) in [5.74, 6) is 0.0400. The van der Waals surface area contributed by atoms with Crippen LogP contribution in [0.5, 0.6) is 5.75 Å². The number of aromatic nitrogens is 1. The number of piperazine rings is 1. The van der Waals surface area contributed by atoms with Gasteiger partial charge in [-0.3, -0.25) is 14.4 Å². The van der Waals surface area contributed by atoms with Crippen LogP contribution in [0.25, 0.3) is 0 Å². The summed E-state index contributed by atoms with van der Waals surface area (Å²) < 4.78 is 12.4. The minimum atomic E-state index is -0.332. The molecule has 10 nitrogen and oxygen atoms in total. The van der Waals surface area contributed by atoms with Gasteiger partial charge in [-0.05, 0) is 38.1 Å². The van der Waals surface area contributed by atoms with E-state index in [0.29, 0.717) is 35.5 Å². The van der Waals surface area contributed by atoms with Crippen molar-refractivity contribution in [3.63, 3.8) is 0 Å². The molecule has 1 N–H and O–H groups in total. The van der Waals surface area contributed by atoms with Gasteiger partial charge in [0.15, 0.2) is 0 Å². The number of thiazole rings is 1. The summed E-state index contributed by atoms with van der Waals surface area (Å²) in [6.45, 7) is 3.55. The molecule has 2 aromatic rings. The lowest BCUT2D eigenvalue weighted by Gasteiger charge is -2.42. The van der Waals surface area contributed by atoms with Crippen LogP contribution in [-0.4, -0.2) is 103 Å². The number of anilines is 1.